The van der Waals surface area contributed by atoms with E-state index in [0.29, 0.717) is 17.9 Å². The minimum absolute atomic E-state index is 0.127. The second-order valence-electron chi connectivity index (χ2n) is 12.4. The first-order valence-electron chi connectivity index (χ1n) is 15.1. The molecule has 5 atom stereocenters. The second-order valence-corrected chi connectivity index (χ2v) is 12.4. The Morgan fingerprint density at radius 2 is 1.44 bits per heavy atom. The lowest BCUT2D eigenvalue weighted by Crippen LogP contribution is -2.72. The SMILES string of the molecule is COc1ccccc1C1C(C)(C(=O)O)C(N)NC(C)C1(CCN1CCC(c2ccccc2)(c2ccccc2)CC1)C(=O)O. The smallest absolute Gasteiger partial charge is 0.312 e. The molecular weight excluding hydrogens is 542 g/mol. The van der Waals surface area contributed by atoms with Gasteiger partial charge in [-0.3, -0.25) is 14.9 Å². The van der Waals surface area contributed by atoms with Gasteiger partial charge in [-0.15, -0.1) is 0 Å². The third kappa shape index (κ3) is 5.11. The first-order chi connectivity index (χ1) is 20.6. The minimum atomic E-state index is -1.61. The lowest BCUT2D eigenvalue weighted by Gasteiger charge is -2.56. The van der Waals surface area contributed by atoms with Gasteiger partial charge in [-0.25, -0.2) is 0 Å². The number of aliphatic carboxylic acids is 2. The molecule has 2 saturated heterocycles. The summed E-state index contributed by atoms with van der Waals surface area (Å²) in [6.45, 7) is 5.45. The summed E-state index contributed by atoms with van der Waals surface area (Å²) in [5, 5.41) is 24.8. The summed E-state index contributed by atoms with van der Waals surface area (Å²) in [6, 6.07) is 27.7. The van der Waals surface area contributed by atoms with Crippen molar-refractivity contribution in [2.45, 2.75) is 56.7 Å². The molecule has 2 aliphatic rings. The number of nitrogens with two attached hydrogens (primary N) is 1. The monoisotopic (exact) mass is 585 g/mol. The number of carboxylic acids is 2. The molecule has 2 fully saturated rings. The van der Waals surface area contributed by atoms with Crippen molar-refractivity contribution in [2.24, 2.45) is 16.6 Å². The number of nitrogens with one attached hydrogen (secondary N) is 1. The largest absolute Gasteiger partial charge is 0.496 e. The molecule has 3 aromatic rings. The molecule has 8 nitrogen and oxygen atoms in total. The fourth-order valence-electron chi connectivity index (χ4n) is 7.85. The Morgan fingerprint density at radius 3 is 1.95 bits per heavy atom. The van der Waals surface area contributed by atoms with Crippen LogP contribution in [-0.4, -0.2) is 66.0 Å². The molecule has 2 heterocycles. The van der Waals surface area contributed by atoms with Crippen LogP contribution in [0.3, 0.4) is 0 Å². The van der Waals surface area contributed by atoms with Gasteiger partial charge in [0.15, 0.2) is 0 Å². The molecule has 0 aliphatic carbocycles. The third-order valence-corrected chi connectivity index (χ3v) is 10.5. The summed E-state index contributed by atoms with van der Waals surface area (Å²) in [6.07, 6.45) is 1.07. The van der Waals surface area contributed by atoms with E-state index in [4.69, 9.17) is 10.5 Å². The molecule has 228 valence electrons. The lowest BCUT2D eigenvalue weighted by atomic mass is 9.52. The molecule has 0 saturated carbocycles. The number of likely N-dealkylation sites (tertiary alicyclic amines) is 1. The number of carboxylic acid groups (broad SMARTS) is 2. The Labute approximate surface area is 253 Å². The molecule has 3 aromatic carbocycles. The van der Waals surface area contributed by atoms with Gasteiger partial charge >= 0.3 is 11.9 Å². The van der Waals surface area contributed by atoms with Gasteiger partial charge in [0, 0.05) is 17.4 Å². The van der Waals surface area contributed by atoms with Gasteiger partial charge in [0.1, 0.15) is 11.2 Å². The molecule has 43 heavy (non-hydrogen) atoms. The van der Waals surface area contributed by atoms with Crippen molar-refractivity contribution in [1.82, 2.24) is 10.2 Å². The van der Waals surface area contributed by atoms with Crippen LogP contribution >= 0.6 is 0 Å². The number of piperidine rings is 2. The number of para-hydroxylation sites is 1. The quantitative estimate of drug-likeness (QED) is 0.285. The molecule has 8 heteroatoms. The highest BCUT2D eigenvalue weighted by Crippen LogP contribution is 2.58. The zero-order valence-electron chi connectivity index (χ0n) is 25.2. The van der Waals surface area contributed by atoms with Crippen LogP contribution in [0.1, 0.15) is 55.7 Å². The summed E-state index contributed by atoms with van der Waals surface area (Å²) < 4.78 is 5.66. The molecule has 5 N–H and O–H groups in total. The molecule has 0 aromatic heterocycles. The van der Waals surface area contributed by atoms with Crippen molar-refractivity contribution in [3.8, 4) is 5.75 Å². The number of carbonyl (C=O) groups is 2. The number of benzene rings is 3. The second kappa shape index (κ2) is 12.1. The van der Waals surface area contributed by atoms with E-state index in [1.807, 2.05) is 19.1 Å². The number of rotatable bonds is 9. The summed E-state index contributed by atoms with van der Waals surface area (Å²) in [5.41, 5.74) is 6.40. The van der Waals surface area contributed by atoms with Crippen molar-refractivity contribution in [1.29, 1.82) is 0 Å². The van der Waals surface area contributed by atoms with Crippen LogP contribution < -0.4 is 15.8 Å². The Kier molecular flexibility index (Phi) is 8.65. The predicted molar refractivity (Wildman–Crippen MR) is 166 cm³/mol. The normalized spacial score (nSPS) is 29.1. The maximum Gasteiger partial charge on any atom is 0.312 e. The van der Waals surface area contributed by atoms with E-state index in [1.165, 1.54) is 18.2 Å². The fourth-order valence-corrected chi connectivity index (χ4v) is 7.85. The average Bonchev–Trinajstić information content (AvgIpc) is 3.03. The molecular formula is C35H43N3O5. The van der Waals surface area contributed by atoms with Crippen molar-refractivity contribution in [3.05, 3.63) is 102 Å². The average molecular weight is 586 g/mol. The summed E-state index contributed by atoms with van der Waals surface area (Å²) >= 11 is 0. The van der Waals surface area contributed by atoms with Gasteiger partial charge in [0.25, 0.3) is 0 Å². The van der Waals surface area contributed by atoms with Crippen molar-refractivity contribution in [3.63, 3.8) is 0 Å². The first kappa shape index (κ1) is 30.7. The number of methoxy groups -OCH3 is 1. The van der Waals surface area contributed by atoms with Crippen LogP contribution in [0.5, 0.6) is 5.75 Å². The maximum absolute atomic E-state index is 13.5. The minimum Gasteiger partial charge on any atom is -0.496 e. The van der Waals surface area contributed by atoms with Crippen LogP contribution in [0.4, 0.5) is 0 Å². The van der Waals surface area contributed by atoms with Gasteiger partial charge in [-0.2, -0.15) is 0 Å². The fraction of sp³-hybridized carbons (Fsp3) is 0.429. The molecule has 5 rings (SSSR count). The highest BCUT2D eigenvalue weighted by atomic mass is 16.5. The number of nitrogens with zero attached hydrogens (tertiary/aromatic N) is 1. The van der Waals surface area contributed by atoms with Crippen molar-refractivity contribution in [2.75, 3.05) is 26.7 Å². The molecule has 0 amide bonds. The van der Waals surface area contributed by atoms with E-state index < -0.39 is 40.9 Å². The number of ether oxygens (including phenoxy) is 1. The molecule has 5 unspecified atom stereocenters. The van der Waals surface area contributed by atoms with E-state index in [1.54, 1.807) is 31.2 Å². The van der Waals surface area contributed by atoms with E-state index in [2.05, 4.69) is 58.7 Å². The third-order valence-electron chi connectivity index (χ3n) is 10.5. The van der Waals surface area contributed by atoms with Gasteiger partial charge in [0.05, 0.1) is 18.7 Å². The Hall–Kier alpha value is -3.72. The lowest BCUT2D eigenvalue weighted by molar-refractivity contribution is -0.172. The summed E-state index contributed by atoms with van der Waals surface area (Å²) in [7, 11) is 1.52. The molecule has 2 aliphatic heterocycles. The first-order valence-corrected chi connectivity index (χ1v) is 15.1. The van der Waals surface area contributed by atoms with Crippen LogP contribution in [0, 0.1) is 10.8 Å². The van der Waals surface area contributed by atoms with Crippen LogP contribution in [0.15, 0.2) is 84.9 Å². The highest BCUT2D eigenvalue weighted by molar-refractivity contribution is 5.84. The van der Waals surface area contributed by atoms with E-state index in [0.717, 1.165) is 25.9 Å². The van der Waals surface area contributed by atoms with Crippen LogP contribution in [-0.2, 0) is 15.0 Å². The van der Waals surface area contributed by atoms with Crippen LogP contribution in [0.25, 0.3) is 0 Å². The molecule has 0 spiro atoms. The topological polar surface area (TPSA) is 125 Å². The zero-order chi connectivity index (χ0) is 30.8. The van der Waals surface area contributed by atoms with Gasteiger partial charge in [-0.1, -0.05) is 78.9 Å². The van der Waals surface area contributed by atoms with Crippen molar-refractivity contribution >= 4 is 11.9 Å². The summed E-state index contributed by atoms with van der Waals surface area (Å²) in [5.74, 6) is -2.67. The Bertz CT molecular complexity index is 1380. The van der Waals surface area contributed by atoms with Gasteiger partial charge in [-0.05, 0) is 75.5 Å². The molecule has 0 radical (unpaired) electrons. The molecule has 0 bridgehead atoms. The highest BCUT2D eigenvalue weighted by Gasteiger charge is 2.66. The van der Waals surface area contributed by atoms with E-state index >= 15 is 0 Å². The summed E-state index contributed by atoms with van der Waals surface area (Å²) in [4.78, 5) is 28.8. The Morgan fingerprint density at radius 1 is 0.907 bits per heavy atom. The van der Waals surface area contributed by atoms with E-state index in [9.17, 15) is 19.8 Å². The number of hydrogen-bond donors (Lipinski definition) is 4. The van der Waals surface area contributed by atoms with Gasteiger partial charge in [0.2, 0.25) is 0 Å². The predicted octanol–water partition coefficient (Wildman–Crippen LogP) is 4.69. The Balaban J connectivity index is 1.48. The maximum atomic E-state index is 13.5. The standard InChI is InChI=1S/C35H43N3O5/c1-24-35(32(41)42,29(27-16-10-11-17-28(27)43-3)33(2,31(39)40)30(36)37-24)20-23-38-21-18-34(19-22-38,25-12-6-4-7-13-25)26-14-8-5-9-15-26/h4-17,24,29-30,37H,18-23,36H2,1-3H3,(H,39,40)(H,41,42). The van der Waals surface area contributed by atoms with Crippen LogP contribution in [0.2, 0.25) is 0 Å². The van der Waals surface area contributed by atoms with Gasteiger partial charge < -0.3 is 25.6 Å². The zero-order valence-corrected chi connectivity index (χ0v) is 25.2. The number of hydrogen-bond acceptors (Lipinski definition) is 6. The van der Waals surface area contributed by atoms with Crippen molar-refractivity contribution < 1.29 is 24.5 Å². The van der Waals surface area contributed by atoms with E-state index in [-0.39, 0.29) is 11.8 Å².